The van der Waals surface area contributed by atoms with Crippen molar-refractivity contribution >= 4 is 5.91 Å². The van der Waals surface area contributed by atoms with Crippen LogP contribution >= 0.6 is 0 Å². The van der Waals surface area contributed by atoms with Gasteiger partial charge >= 0.3 is 6.18 Å². The summed E-state index contributed by atoms with van der Waals surface area (Å²) < 4.78 is 40.1. The Morgan fingerprint density at radius 3 is 2.35 bits per heavy atom. The first-order valence-electron chi connectivity index (χ1n) is 6.22. The summed E-state index contributed by atoms with van der Waals surface area (Å²) >= 11 is 0. The molecule has 0 saturated heterocycles. The number of nitrogens with zero attached hydrogens (tertiary/aromatic N) is 3. The van der Waals surface area contributed by atoms with Crippen LogP contribution < -0.4 is 5.32 Å². The van der Waals surface area contributed by atoms with Gasteiger partial charge in [0.05, 0.1) is 0 Å². The number of nitrogens with one attached hydrogen (secondary N) is 1. The lowest BCUT2D eigenvalue weighted by molar-refractivity contribution is -0.167. The third kappa shape index (κ3) is 4.82. The van der Waals surface area contributed by atoms with Crippen LogP contribution in [0.2, 0.25) is 0 Å². The van der Waals surface area contributed by atoms with E-state index >= 15 is 0 Å². The van der Waals surface area contributed by atoms with Crippen LogP contribution in [0.1, 0.15) is 40.2 Å². The van der Waals surface area contributed by atoms with Gasteiger partial charge in [-0.15, -0.1) is 0 Å². The molecule has 1 N–H and O–H groups in total. The van der Waals surface area contributed by atoms with E-state index in [1.54, 1.807) is 20.8 Å². The minimum absolute atomic E-state index is 0.188. The number of halogens is 3. The third-order valence-corrected chi connectivity index (χ3v) is 2.74. The van der Waals surface area contributed by atoms with Crippen LogP contribution in [0.3, 0.4) is 0 Å². The lowest BCUT2D eigenvalue weighted by atomic mass is 9.87. The molecule has 0 spiro atoms. The minimum atomic E-state index is -4.48. The summed E-state index contributed by atoms with van der Waals surface area (Å²) in [6, 6.07) is -2.72. The number of hydrogen-bond acceptors (Lipinski definition) is 3. The normalized spacial score (nSPS) is 15.8. The number of amides is 1. The summed E-state index contributed by atoms with van der Waals surface area (Å²) in [6.45, 7) is 6.55. The molecule has 1 rings (SSSR count). The molecule has 0 aliphatic heterocycles. The van der Waals surface area contributed by atoms with E-state index in [1.807, 2.05) is 5.32 Å². The molecule has 0 bridgehead atoms. The second-order valence-electron chi connectivity index (χ2n) is 5.92. The van der Waals surface area contributed by atoms with Crippen LogP contribution in [0.15, 0.2) is 12.7 Å². The van der Waals surface area contributed by atoms with Crippen LogP contribution in [-0.4, -0.2) is 32.9 Å². The summed E-state index contributed by atoms with van der Waals surface area (Å²) in [4.78, 5) is 15.5. The zero-order valence-electron chi connectivity index (χ0n) is 11.9. The molecule has 0 aliphatic carbocycles. The Morgan fingerprint density at radius 1 is 1.35 bits per heavy atom. The van der Waals surface area contributed by atoms with E-state index in [9.17, 15) is 18.0 Å². The smallest absolute Gasteiger partial charge is 0.343 e. The standard InChI is InChI=1S/C12H19F3N4O/c1-8(19-7-16-6-17-19)10(20)18-9(12(13,14)15)5-11(2,3)4/h6-9H,5H2,1-4H3,(H,18,20)/t8-,9+/m1/s1. The van der Waals surface area contributed by atoms with E-state index < -0.39 is 29.6 Å². The van der Waals surface area contributed by atoms with E-state index in [0.717, 1.165) is 0 Å². The Balaban J connectivity index is 2.77. The van der Waals surface area contributed by atoms with E-state index in [2.05, 4.69) is 10.1 Å². The fourth-order valence-corrected chi connectivity index (χ4v) is 1.69. The highest BCUT2D eigenvalue weighted by Crippen LogP contribution is 2.30. The molecule has 114 valence electrons. The van der Waals surface area contributed by atoms with Crippen LogP contribution in [0.4, 0.5) is 13.2 Å². The number of aromatic nitrogens is 3. The Morgan fingerprint density at radius 2 is 1.95 bits per heavy atom. The van der Waals surface area contributed by atoms with Crippen molar-refractivity contribution in [3.8, 4) is 0 Å². The second-order valence-corrected chi connectivity index (χ2v) is 5.92. The molecule has 1 amide bonds. The molecule has 0 saturated carbocycles. The molecule has 5 nitrogen and oxygen atoms in total. The van der Waals surface area contributed by atoms with E-state index in [0.29, 0.717) is 0 Å². The maximum atomic E-state index is 13.0. The molecule has 2 atom stereocenters. The van der Waals surface area contributed by atoms with Gasteiger partial charge in [0.1, 0.15) is 24.7 Å². The van der Waals surface area contributed by atoms with Gasteiger partial charge in [-0.3, -0.25) is 4.79 Å². The van der Waals surface area contributed by atoms with E-state index in [1.165, 1.54) is 24.3 Å². The molecular formula is C12H19F3N4O. The SMILES string of the molecule is C[C@H](C(=O)N[C@@H](CC(C)(C)C)C(F)(F)F)n1cncn1. The first-order chi connectivity index (χ1) is 9.00. The molecular weight excluding hydrogens is 273 g/mol. The largest absolute Gasteiger partial charge is 0.408 e. The van der Waals surface area contributed by atoms with Gasteiger partial charge in [-0.1, -0.05) is 20.8 Å². The topological polar surface area (TPSA) is 59.8 Å². The molecule has 0 aromatic carbocycles. The fourth-order valence-electron chi connectivity index (χ4n) is 1.69. The first kappa shape index (κ1) is 16.5. The van der Waals surface area contributed by atoms with Gasteiger partial charge in [-0.2, -0.15) is 18.3 Å². The average molecular weight is 292 g/mol. The number of carbonyl (C=O) groups excluding carboxylic acids is 1. The van der Waals surface area contributed by atoms with E-state index in [-0.39, 0.29) is 6.42 Å². The molecule has 1 heterocycles. The molecule has 0 aliphatic rings. The van der Waals surface area contributed by atoms with Crippen molar-refractivity contribution in [3.63, 3.8) is 0 Å². The number of hydrogen-bond donors (Lipinski definition) is 1. The zero-order valence-corrected chi connectivity index (χ0v) is 11.9. The number of alkyl halides is 3. The Hall–Kier alpha value is -1.60. The first-order valence-corrected chi connectivity index (χ1v) is 6.22. The van der Waals surface area contributed by atoms with Crippen molar-refractivity contribution in [1.82, 2.24) is 20.1 Å². The van der Waals surface area contributed by atoms with Crippen molar-refractivity contribution in [2.75, 3.05) is 0 Å². The number of carbonyl (C=O) groups is 1. The molecule has 1 aromatic rings. The van der Waals surface area contributed by atoms with Gasteiger partial charge < -0.3 is 5.32 Å². The van der Waals surface area contributed by atoms with Crippen LogP contribution in [0.25, 0.3) is 0 Å². The van der Waals surface area contributed by atoms with Gasteiger partial charge in [0.25, 0.3) is 0 Å². The van der Waals surface area contributed by atoms with Crippen molar-refractivity contribution < 1.29 is 18.0 Å². The van der Waals surface area contributed by atoms with Crippen molar-refractivity contribution in [1.29, 1.82) is 0 Å². The summed E-state index contributed by atoms with van der Waals surface area (Å²) in [6.07, 6.45) is -2.16. The third-order valence-electron chi connectivity index (χ3n) is 2.74. The average Bonchev–Trinajstić information content (AvgIpc) is 2.77. The fraction of sp³-hybridized carbons (Fsp3) is 0.750. The maximum absolute atomic E-state index is 13.0. The molecule has 0 unspecified atom stereocenters. The van der Waals surface area contributed by atoms with Crippen LogP contribution in [-0.2, 0) is 4.79 Å². The van der Waals surface area contributed by atoms with Gasteiger partial charge in [-0.05, 0) is 18.8 Å². The van der Waals surface area contributed by atoms with Crippen molar-refractivity contribution in [2.24, 2.45) is 5.41 Å². The highest BCUT2D eigenvalue weighted by atomic mass is 19.4. The summed E-state index contributed by atoms with van der Waals surface area (Å²) in [7, 11) is 0. The van der Waals surface area contributed by atoms with Gasteiger partial charge in [0.15, 0.2) is 0 Å². The maximum Gasteiger partial charge on any atom is 0.408 e. The molecule has 20 heavy (non-hydrogen) atoms. The monoisotopic (exact) mass is 292 g/mol. The Kier molecular flexibility index (Phi) is 4.77. The zero-order chi connectivity index (χ0) is 15.6. The Bertz CT molecular complexity index is 437. The molecule has 1 aromatic heterocycles. The van der Waals surface area contributed by atoms with E-state index in [4.69, 9.17) is 0 Å². The van der Waals surface area contributed by atoms with Crippen LogP contribution in [0.5, 0.6) is 0 Å². The van der Waals surface area contributed by atoms with Gasteiger partial charge in [0, 0.05) is 0 Å². The highest BCUT2D eigenvalue weighted by molar-refractivity contribution is 5.80. The predicted molar refractivity (Wildman–Crippen MR) is 66.8 cm³/mol. The van der Waals surface area contributed by atoms with Gasteiger partial charge in [-0.25, -0.2) is 9.67 Å². The van der Waals surface area contributed by atoms with Crippen molar-refractivity contribution in [2.45, 2.75) is 52.4 Å². The highest BCUT2D eigenvalue weighted by Gasteiger charge is 2.43. The quantitative estimate of drug-likeness (QED) is 0.926. The number of rotatable bonds is 4. The molecule has 0 fully saturated rings. The van der Waals surface area contributed by atoms with Crippen LogP contribution in [0, 0.1) is 5.41 Å². The molecule has 0 radical (unpaired) electrons. The Labute approximate surface area is 115 Å². The lowest BCUT2D eigenvalue weighted by Gasteiger charge is -2.29. The predicted octanol–water partition coefficient (Wildman–Crippen LogP) is 2.32. The summed E-state index contributed by atoms with van der Waals surface area (Å²) in [5, 5.41) is 5.79. The summed E-state index contributed by atoms with van der Waals surface area (Å²) in [5.41, 5.74) is -0.552. The lowest BCUT2D eigenvalue weighted by Crippen LogP contribution is -2.49. The summed E-state index contributed by atoms with van der Waals surface area (Å²) in [5.74, 6) is -0.734. The molecule has 8 heteroatoms. The van der Waals surface area contributed by atoms with Gasteiger partial charge in [0.2, 0.25) is 5.91 Å². The minimum Gasteiger partial charge on any atom is -0.343 e. The second kappa shape index (κ2) is 5.80. The van der Waals surface area contributed by atoms with Crippen molar-refractivity contribution in [3.05, 3.63) is 12.7 Å².